The molecule has 2 aromatic rings. The first-order chi connectivity index (χ1) is 15.4. The molecule has 3 rings (SSSR count). The summed E-state index contributed by atoms with van der Waals surface area (Å²) in [5.74, 6) is 0.818. The van der Waals surface area contributed by atoms with Crippen molar-refractivity contribution in [3.05, 3.63) is 48.0 Å². The lowest BCUT2D eigenvalue weighted by Crippen LogP contribution is -2.45. The van der Waals surface area contributed by atoms with Crippen LogP contribution in [-0.2, 0) is 15.8 Å². The number of nitrogens with zero attached hydrogens (tertiary/aromatic N) is 2. The summed E-state index contributed by atoms with van der Waals surface area (Å²) in [4.78, 5) is 14.6. The zero-order valence-corrected chi connectivity index (χ0v) is 21.5. The molecule has 1 saturated heterocycles. The van der Waals surface area contributed by atoms with Crippen molar-refractivity contribution in [3.8, 4) is 16.9 Å². The summed E-state index contributed by atoms with van der Waals surface area (Å²) in [6.45, 7) is 12.2. The predicted octanol–water partition coefficient (Wildman–Crippen LogP) is 5.46. The van der Waals surface area contributed by atoms with Gasteiger partial charge in [-0.05, 0) is 59.9 Å². The quantitative estimate of drug-likeness (QED) is 0.392. The van der Waals surface area contributed by atoms with E-state index >= 15 is 0 Å². The van der Waals surface area contributed by atoms with E-state index in [1.165, 1.54) is 0 Å². The number of methoxy groups -OCH3 is 1. The van der Waals surface area contributed by atoms with E-state index in [-0.39, 0.29) is 27.9 Å². The van der Waals surface area contributed by atoms with E-state index in [1.807, 2.05) is 29.2 Å². The summed E-state index contributed by atoms with van der Waals surface area (Å²) >= 11 is 0. The molecule has 1 atom stereocenters. The standard InChI is InChI=1S/C25H36N2O5Si/c1-25(2,3)33(5,6)32-17-21-11-13-24(28)26(21)16-18-10-12-23(31-4)22(14-18)19-8-7-9-20(15-19)27(29)30/h7-10,12,14-15,21,29-30H,11,13,16-17H2,1-6H3/t21-/m0/s1. The Hall–Kier alpha value is -2.39. The van der Waals surface area contributed by atoms with Crippen LogP contribution in [0.3, 0.4) is 0 Å². The lowest BCUT2D eigenvalue weighted by molar-refractivity contribution is -0.130. The van der Waals surface area contributed by atoms with Gasteiger partial charge in [-0.15, -0.1) is 5.23 Å². The number of hydrogen-bond donors (Lipinski definition) is 2. The lowest BCUT2D eigenvalue weighted by Gasteiger charge is -2.38. The minimum Gasteiger partial charge on any atom is -0.496 e. The van der Waals surface area contributed by atoms with Crippen LogP contribution in [0.5, 0.6) is 5.75 Å². The van der Waals surface area contributed by atoms with Crippen molar-refractivity contribution in [1.29, 1.82) is 0 Å². The Bertz CT molecular complexity index is 987. The summed E-state index contributed by atoms with van der Waals surface area (Å²) in [7, 11) is -0.293. The first-order valence-electron chi connectivity index (χ1n) is 11.3. The Balaban J connectivity index is 1.82. The highest BCUT2D eigenvalue weighted by atomic mass is 28.4. The molecule has 2 aromatic carbocycles. The first kappa shape index (κ1) is 25.2. The Kier molecular flexibility index (Phi) is 7.53. The minimum absolute atomic E-state index is 0.0674. The molecule has 33 heavy (non-hydrogen) atoms. The van der Waals surface area contributed by atoms with Gasteiger partial charge in [0, 0.05) is 18.5 Å². The molecule has 1 amide bonds. The Labute approximate surface area is 197 Å². The van der Waals surface area contributed by atoms with Gasteiger partial charge in [0.15, 0.2) is 8.32 Å². The molecule has 0 unspecified atom stereocenters. The topological polar surface area (TPSA) is 82.5 Å². The number of amides is 1. The molecular formula is C25H36N2O5Si. The Morgan fingerprint density at radius 2 is 1.88 bits per heavy atom. The predicted molar refractivity (Wildman–Crippen MR) is 131 cm³/mol. The normalized spacial score (nSPS) is 16.9. The Morgan fingerprint density at radius 1 is 1.15 bits per heavy atom. The van der Waals surface area contributed by atoms with Crippen LogP contribution in [0.15, 0.2) is 42.5 Å². The van der Waals surface area contributed by atoms with Gasteiger partial charge in [-0.3, -0.25) is 15.2 Å². The molecular weight excluding hydrogens is 436 g/mol. The molecule has 1 aliphatic heterocycles. The second-order valence-corrected chi connectivity index (χ2v) is 15.0. The average molecular weight is 473 g/mol. The molecule has 0 radical (unpaired) electrons. The molecule has 0 aliphatic carbocycles. The van der Waals surface area contributed by atoms with Gasteiger partial charge in [-0.2, -0.15) is 0 Å². The molecule has 0 spiro atoms. The van der Waals surface area contributed by atoms with Crippen LogP contribution in [0, 0.1) is 0 Å². The monoisotopic (exact) mass is 472 g/mol. The van der Waals surface area contributed by atoms with Gasteiger partial charge < -0.3 is 14.1 Å². The van der Waals surface area contributed by atoms with Gasteiger partial charge in [-0.25, -0.2) is 0 Å². The number of carbonyl (C=O) groups is 1. The van der Waals surface area contributed by atoms with E-state index in [0.717, 1.165) is 23.1 Å². The van der Waals surface area contributed by atoms with Gasteiger partial charge in [-0.1, -0.05) is 39.0 Å². The zero-order valence-electron chi connectivity index (χ0n) is 20.5. The van der Waals surface area contributed by atoms with E-state index < -0.39 is 8.32 Å². The van der Waals surface area contributed by atoms with Crippen LogP contribution in [0.2, 0.25) is 18.1 Å². The highest BCUT2D eigenvalue weighted by molar-refractivity contribution is 6.74. The number of anilines is 1. The number of carbonyl (C=O) groups excluding carboxylic acids is 1. The third kappa shape index (κ3) is 5.76. The Morgan fingerprint density at radius 3 is 2.52 bits per heavy atom. The second-order valence-electron chi connectivity index (χ2n) is 10.2. The summed E-state index contributed by atoms with van der Waals surface area (Å²) < 4.78 is 12.0. The maximum absolute atomic E-state index is 12.7. The summed E-state index contributed by atoms with van der Waals surface area (Å²) in [5, 5.41) is 19.0. The molecule has 180 valence electrons. The van der Waals surface area contributed by atoms with Crippen molar-refractivity contribution in [1.82, 2.24) is 4.90 Å². The molecule has 2 N–H and O–H groups in total. The van der Waals surface area contributed by atoms with Crippen LogP contribution in [0.4, 0.5) is 5.69 Å². The zero-order chi connectivity index (χ0) is 24.4. The van der Waals surface area contributed by atoms with Crippen molar-refractivity contribution < 1.29 is 24.4 Å². The molecule has 8 heteroatoms. The summed E-state index contributed by atoms with van der Waals surface area (Å²) in [6.07, 6.45) is 1.35. The van der Waals surface area contributed by atoms with Crippen LogP contribution in [0.25, 0.3) is 11.1 Å². The summed E-state index contributed by atoms with van der Waals surface area (Å²) in [6, 6.07) is 12.8. The fraction of sp³-hybridized carbons (Fsp3) is 0.480. The molecule has 1 fully saturated rings. The molecule has 7 nitrogen and oxygen atoms in total. The van der Waals surface area contributed by atoms with Gasteiger partial charge in [0.2, 0.25) is 5.91 Å². The molecule has 0 bridgehead atoms. The molecule has 0 saturated carbocycles. The smallest absolute Gasteiger partial charge is 0.223 e. The second kappa shape index (κ2) is 9.85. The number of benzene rings is 2. The SMILES string of the molecule is COc1ccc(CN2C(=O)CC[C@H]2CO[Si](C)(C)C(C)(C)C)cc1-c1cccc(N(O)O)c1. The maximum Gasteiger partial charge on any atom is 0.223 e. The largest absolute Gasteiger partial charge is 0.496 e. The fourth-order valence-corrected chi connectivity index (χ4v) is 4.82. The van der Waals surface area contributed by atoms with Crippen molar-refractivity contribution in [2.24, 2.45) is 0 Å². The van der Waals surface area contributed by atoms with Crippen molar-refractivity contribution in [2.45, 2.75) is 64.3 Å². The van der Waals surface area contributed by atoms with Crippen LogP contribution < -0.4 is 9.96 Å². The van der Waals surface area contributed by atoms with Crippen LogP contribution >= 0.6 is 0 Å². The van der Waals surface area contributed by atoms with Gasteiger partial charge >= 0.3 is 0 Å². The van der Waals surface area contributed by atoms with Gasteiger partial charge in [0.05, 0.1) is 25.4 Å². The molecule has 1 heterocycles. The van der Waals surface area contributed by atoms with E-state index in [4.69, 9.17) is 9.16 Å². The average Bonchev–Trinajstić information content (AvgIpc) is 3.11. The highest BCUT2D eigenvalue weighted by Crippen LogP contribution is 2.38. The van der Waals surface area contributed by atoms with E-state index in [0.29, 0.717) is 25.3 Å². The number of likely N-dealkylation sites (tertiary alicyclic amines) is 1. The first-order valence-corrected chi connectivity index (χ1v) is 14.2. The number of hydrogen-bond acceptors (Lipinski definition) is 6. The van der Waals surface area contributed by atoms with Gasteiger partial charge in [0.1, 0.15) is 5.75 Å². The third-order valence-electron chi connectivity index (χ3n) is 6.90. The third-order valence-corrected chi connectivity index (χ3v) is 11.4. The minimum atomic E-state index is -1.90. The molecule has 1 aliphatic rings. The lowest BCUT2D eigenvalue weighted by atomic mass is 10.0. The fourth-order valence-electron chi connectivity index (χ4n) is 3.78. The maximum atomic E-state index is 12.7. The van der Waals surface area contributed by atoms with Crippen LogP contribution in [-0.4, -0.2) is 49.3 Å². The van der Waals surface area contributed by atoms with Crippen molar-refractivity contribution in [3.63, 3.8) is 0 Å². The van der Waals surface area contributed by atoms with E-state index in [9.17, 15) is 15.2 Å². The van der Waals surface area contributed by atoms with Crippen LogP contribution in [0.1, 0.15) is 39.2 Å². The molecule has 0 aromatic heterocycles. The highest BCUT2D eigenvalue weighted by Gasteiger charge is 2.39. The number of rotatable bonds is 8. The summed E-state index contributed by atoms with van der Waals surface area (Å²) in [5.41, 5.74) is 2.83. The van der Waals surface area contributed by atoms with Crippen molar-refractivity contribution in [2.75, 3.05) is 18.9 Å². The van der Waals surface area contributed by atoms with Gasteiger partial charge in [0.25, 0.3) is 0 Å². The van der Waals surface area contributed by atoms with E-state index in [1.54, 1.807) is 25.3 Å². The van der Waals surface area contributed by atoms with E-state index in [2.05, 4.69) is 33.9 Å². The number of ether oxygens (including phenoxy) is 1. The van der Waals surface area contributed by atoms with Crippen molar-refractivity contribution >= 4 is 19.9 Å².